The van der Waals surface area contributed by atoms with Crippen LogP contribution >= 0.6 is 11.6 Å². The molecule has 0 spiro atoms. The lowest BCUT2D eigenvalue weighted by Gasteiger charge is -2.30. The van der Waals surface area contributed by atoms with E-state index in [9.17, 15) is 0 Å². The number of likely N-dealkylation sites (tertiary alicyclic amines) is 1. The SMILES string of the molecule is NNc1ccc(Cl)c(CN2CCC2)n1. The van der Waals surface area contributed by atoms with E-state index in [0.717, 1.165) is 25.3 Å². The summed E-state index contributed by atoms with van der Waals surface area (Å²) in [4.78, 5) is 6.60. The predicted molar refractivity (Wildman–Crippen MR) is 57.0 cm³/mol. The second-order valence-corrected chi connectivity index (χ2v) is 3.81. The van der Waals surface area contributed by atoms with Crippen LogP contribution in [0.2, 0.25) is 5.02 Å². The van der Waals surface area contributed by atoms with Gasteiger partial charge in [-0.1, -0.05) is 11.6 Å². The minimum atomic E-state index is 0.657. The molecule has 0 unspecified atom stereocenters. The zero-order chi connectivity index (χ0) is 9.97. The van der Waals surface area contributed by atoms with Crippen LogP contribution in [0.4, 0.5) is 5.82 Å². The number of nitrogens with one attached hydrogen (secondary N) is 1. The zero-order valence-electron chi connectivity index (χ0n) is 7.83. The molecule has 1 aromatic heterocycles. The first-order chi connectivity index (χ1) is 6.79. The number of hydrogen-bond acceptors (Lipinski definition) is 4. The molecule has 0 atom stereocenters. The Morgan fingerprint density at radius 3 is 2.86 bits per heavy atom. The minimum absolute atomic E-state index is 0.657. The summed E-state index contributed by atoms with van der Waals surface area (Å²) in [6.07, 6.45) is 1.27. The molecule has 1 aliphatic heterocycles. The van der Waals surface area contributed by atoms with Crippen molar-refractivity contribution < 1.29 is 0 Å². The number of halogens is 1. The first kappa shape index (κ1) is 9.71. The van der Waals surface area contributed by atoms with Crippen molar-refractivity contribution >= 4 is 17.4 Å². The van der Waals surface area contributed by atoms with E-state index in [4.69, 9.17) is 17.4 Å². The molecule has 1 aromatic rings. The van der Waals surface area contributed by atoms with Crippen molar-refractivity contribution in [1.82, 2.24) is 9.88 Å². The largest absolute Gasteiger partial charge is 0.308 e. The van der Waals surface area contributed by atoms with Gasteiger partial charge in [0.25, 0.3) is 0 Å². The second-order valence-electron chi connectivity index (χ2n) is 3.40. The third kappa shape index (κ3) is 1.97. The normalized spacial score (nSPS) is 16.4. The van der Waals surface area contributed by atoms with Crippen LogP contribution in [-0.4, -0.2) is 23.0 Å². The van der Waals surface area contributed by atoms with Gasteiger partial charge in [0.15, 0.2) is 0 Å². The number of nitrogens with zero attached hydrogens (tertiary/aromatic N) is 2. The molecule has 5 heteroatoms. The predicted octanol–water partition coefficient (Wildman–Crippen LogP) is 1.23. The van der Waals surface area contributed by atoms with Crippen molar-refractivity contribution in [1.29, 1.82) is 0 Å². The highest BCUT2D eigenvalue weighted by Crippen LogP contribution is 2.20. The summed E-state index contributed by atoms with van der Waals surface area (Å²) in [5, 5.41) is 0.705. The Hall–Kier alpha value is -0.840. The lowest BCUT2D eigenvalue weighted by molar-refractivity contribution is 0.170. The van der Waals surface area contributed by atoms with E-state index in [1.807, 2.05) is 6.07 Å². The van der Waals surface area contributed by atoms with Crippen LogP contribution in [0.5, 0.6) is 0 Å². The molecule has 1 saturated heterocycles. The molecule has 0 radical (unpaired) electrons. The van der Waals surface area contributed by atoms with E-state index < -0.39 is 0 Å². The molecule has 1 fully saturated rings. The molecule has 4 nitrogen and oxygen atoms in total. The Morgan fingerprint density at radius 1 is 1.50 bits per heavy atom. The molecule has 0 saturated carbocycles. The molecule has 0 aromatic carbocycles. The van der Waals surface area contributed by atoms with Crippen molar-refractivity contribution in [2.45, 2.75) is 13.0 Å². The van der Waals surface area contributed by atoms with Gasteiger partial charge in [0, 0.05) is 6.54 Å². The van der Waals surface area contributed by atoms with E-state index >= 15 is 0 Å². The summed E-state index contributed by atoms with van der Waals surface area (Å²) in [5.41, 5.74) is 3.41. The average molecular weight is 213 g/mol. The molecule has 0 bridgehead atoms. The second kappa shape index (κ2) is 4.13. The molecule has 2 heterocycles. The number of nitrogens with two attached hydrogens (primary N) is 1. The van der Waals surface area contributed by atoms with Crippen molar-refractivity contribution in [3.63, 3.8) is 0 Å². The molecule has 2 rings (SSSR count). The Morgan fingerprint density at radius 2 is 2.29 bits per heavy atom. The number of anilines is 1. The van der Waals surface area contributed by atoms with Gasteiger partial charge < -0.3 is 5.43 Å². The zero-order valence-corrected chi connectivity index (χ0v) is 8.59. The van der Waals surface area contributed by atoms with Crippen molar-refractivity contribution in [2.75, 3.05) is 18.5 Å². The molecule has 76 valence electrons. The number of pyridine rings is 1. The first-order valence-electron chi connectivity index (χ1n) is 4.64. The van der Waals surface area contributed by atoms with Gasteiger partial charge >= 0.3 is 0 Å². The van der Waals surface area contributed by atoms with Gasteiger partial charge in [-0.15, -0.1) is 0 Å². The topological polar surface area (TPSA) is 54.2 Å². The summed E-state index contributed by atoms with van der Waals surface area (Å²) in [6.45, 7) is 3.09. The van der Waals surface area contributed by atoms with E-state index in [1.165, 1.54) is 6.42 Å². The van der Waals surface area contributed by atoms with Gasteiger partial charge in [0.2, 0.25) is 0 Å². The molecule has 3 N–H and O–H groups in total. The highest BCUT2D eigenvalue weighted by Gasteiger charge is 2.16. The Labute approximate surface area is 88.0 Å². The van der Waals surface area contributed by atoms with E-state index in [0.29, 0.717) is 10.8 Å². The van der Waals surface area contributed by atoms with Gasteiger partial charge in [-0.25, -0.2) is 10.8 Å². The minimum Gasteiger partial charge on any atom is -0.308 e. The summed E-state index contributed by atoms with van der Waals surface area (Å²) >= 11 is 6.02. The number of hydrazine groups is 1. The van der Waals surface area contributed by atoms with Gasteiger partial charge in [0.1, 0.15) is 5.82 Å². The molecule has 0 amide bonds. The molecule has 1 aliphatic rings. The fourth-order valence-electron chi connectivity index (χ4n) is 1.43. The number of aromatic nitrogens is 1. The Bertz CT molecular complexity index is 325. The van der Waals surface area contributed by atoms with Crippen LogP contribution in [0.1, 0.15) is 12.1 Å². The molecule has 0 aliphatic carbocycles. The molecule has 14 heavy (non-hydrogen) atoms. The Kier molecular flexibility index (Phi) is 2.86. The monoisotopic (exact) mass is 212 g/mol. The smallest absolute Gasteiger partial charge is 0.140 e. The van der Waals surface area contributed by atoms with Crippen molar-refractivity contribution in [2.24, 2.45) is 5.84 Å². The number of nitrogen functional groups attached to an aromatic ring is 1. The molecular formula is C9H13ClN4. The highest BCUT2D eigenvalue weighted by molar-refractivity contribution is 6.31. The fourth-order valence-corrected chi connectivity index (χ4v) is 1.59. The maximum Gasteiger partial charge on any atom is 0.140 e. The van der Waals surface area contributed by atoms with Gasteiger partial charge in [-0.3, -0.25) is 4.90 Å². The van der Waals surface area contributed by atoms with Crippen LogP contribution in [0, 0.1) is 0 Å². The number of hydrogen-bond donors (Lipinski definition) is 2. The Balaban J connectivity index is 2.13. The van der Waals surface area contributed by atoms with Crippen LogP contribution in [0.3, 0.4) is 0 Å². The maximum atomic E-state index is 6.02. The summed E-state index contributed by atoms with van der Waals surface area (Å²) in [6, 6.07) is 3.58. The van der Waals surface area contributed by atoms with E-state index in [-0.39, 0.29) is 0 Å². The highest BCUT2D eigenvalue weighted by atomic mass is 35.5. The van der Waals surface area contributed by atoms with Crippen LogP contribution in [-0.2, 0) is 6.54 Å². The van der Waals surface area contributed by atoms with Crippen LogP contribution in [0.25, 0.3) is 0 Å². The summed E-state index contributed by atoms with van der Waals surface area (Å²) in [5.74, 6) is 5.93. The average Bonchev–Trinajstić information content (AvgIpc) is 2.14. The van der Waals surface area contributed by atoms with Gasteiger partial charge in [0.05, 0.1) is 10.7 Å². The summed E-state index contributed by atoms with van der Waals surface area (Å²) < 4.78 is 0. The van der Waals surface area contributed by atoms with E-state index in [1.54, 1.807) is 6.07 Å². The molecular weight excluding hydrogens is 200 g/mol. The standard InChI is InChI=1S/C9H13ClN4/c10-7-2-3-9(13-11)12-8(7)6-14-4-1-5-14/h2-3H,1,4-6,11H2,(H,12,13). The van der Waals surface area contributed by atoms with Crippen molar-refractivity contribution in [3.05, 3.63) is 22.8 Å². The quantitative estimate of drug-likeness (QED) is 0.585. The lowest BCUT2D eigenvalue weighted by atomic mass is 10.2. The third-order valence-electron chi connectivity index (χ3n) is 2.39. The van der Waals surface area contributed by atoms with Crippen molar-refractivity contribution in [3.8, 4) is 0 Å². The fraction of sp³-hybridized carbons (Fsp3) is 0.444. The van der Waals surface area contributed by atoms with Crippen LogP contribution in [0.15, 0.2) is 12.1 Å². The van der Waals surface area contributed by atoms with Gasteiger partial charge in [-0.2, -0.15) is 0 Å². The van der Waals surface area contributed by atoms with Gasteiger partial charge in [-0.05, 0) is 31.6 Å². The lowest BCUT2D eigenvalue weighted by Crippen LogP contribution is -2.36. The maximum absolute atomic E-state index is 6.02. The first-order valence-corrected chi connectivity index (χ1v) is 5.02. The van der Waals surface area contributed by atoms with Crippen LogP contribution < -0.4 is 11.3 Å². The third-order valence-corrected chi connectivity index (χ3v) is 2.73. The van der Waals surface area contributed by atoms with E-state index in [2.05, 4.69) is 15.3 Å². The number of rotatable bonds is 3. The summed E-state index contributed by atoms with van der Waals surface area (Å²) in [7, 11) is 0.